The van der Waals surface area contributed by atoms with Crippen LogP contribution in [0.3, 0.4) is 0 Å². The number of nitrogens with one attached hydrogen (secondary N) is 1. The number of rotatable bonds is 3. The van der Waals surface area contributed by atoms with E-state index >= 15 is 0 Å². The van der Waals surface area contributed by atoms with Crippen LogP contribution in [0.2, 0.25) is 0 Å². The van der Waals surface area contributed by atoms with Crippen LogP contribution in [0.1, 0.15) is 5.69 Å². The van der Waals surface area contributed by atoms with Gasteiger partial charge in [-0.25, -0.2) is 9.98 Å². The smallest absolute Gasteiger partial charge is 0.0659 e. The van der Waals surface area contributed by atoms with E-state index < -0.39 is 0 Å². The molecule has 3 aliphatic heterocycles. The molecule has 0 atom stereocenters. The Bertz CT molecular complexity index is 887. The van der Waals surface area contributed by atoms with E-state index in [0.29, 0.717) is 0 Å². The number of aromatic amines is 1. The van der Waals surface area contributed by atoms with Crippen LogP contribution in [-0.4, -0.2) is 22.6 Å². The zero-order valence-electron chi connectivity index (χ0n) is 12.8. The Morgan fingerprint density at radius 2 is 1.50 bits per heavy atom. The molecule has 0 radical (unpaired) electrons. The molecule has 1 aromatic rings. The number of hydrogen-bond acceptors (Lipinski definition) is 3. The molecule has 114 valence electrons. The third-order valence-corrected chi connectivity index (χ3v) is 3.46. The first-order valence-electron chi connectivity index (χ1n) is 7.38. The summed E-state index contributed by atoms with van der Waals surface area (Å²) in [5, 5.41) is 0. The molecule has 24 heavy (non-hydrogen) atoms. The van der Waals surface area contributed by atoms with Crippen LogP contribution in [0, 0.1) is 31.1 Å². The maximum absolute atomic E-state index is 4.57. The Hall–Kier alpha value is -2.22. The molecule has 4 heterocycles. The fourth-order valence-electron chi connectivity index (χ4n) is 2.41. The van der Waals surface area contributed by atoms with E-state index in [1.165, 1.54) is 0 Å². The summed E-state index contributed by atoms with van der Waals surface area (Å²) >= 11 is 0. The van der Waals surface area contributed by atoms with Crippen LogP contribution in [0.25, 0.3) is 6.08 Å². The maximum Gasteiger partial charge on any atom is 0.0659 e. The van der Waals surface area contributed by atoms with Gasteiger partial charge in [0.1, 0.15) is 0 Å². The van der Waals surface area contributed by atoms with E-state index in [4.69, 9.17) is 0 Å². The van der Waals surface area contributed by atoms with Crippen LogP contribution in [0.5, 0.6) is 0 Å². The molecule has 4 rings (SSSR count). The first kappa shape index (κ1) is 16.6. The van der Waals surface area contributed by atoms with E-state index in [-0.39, 0.29) is 31.1 Å². The number of allylic oxidation sites excluding steroid dienone is 8. The van der Waals surface area contributed by atoms with Crippen molar-refractivity contribution in [1.82, 2.24) is 4.98 Å². The summed E-state index contributed by atoms with van der Waals surface area (Å²) in [6, 6.07) is 3.98. The second-order valence-corrected chi connectivity index (χ2v) is 5.21. The van der Waals surface area contributed by atoms with Crippen molar-refractivity contribution in [2.45, 2.75) is 0 Å². The quantitative estimate of drug-likeness (QED) is 0.612. The van der Waals surface area contributed by atoms with Gasteiger partial charge in [-0.3, -0.25) is 4.99 Å². The molecule has 1 N–H and O–H groups in total. The van der Waals surface area contributed by atoms with Gasteiger partial charge < -0.3 is 4.98 Å². The normalized spacial score (nSPS) is 22.8. The summed E-state index contributed by atoms with van der Waals surface area (Å²) in [6.45, 7) is 0. The zero-order valence-corrected chi connectivity index (χ0v) is 17.0. The summed E-state index contributed by atoms with van der Waals surface area (Å²) in [4.78, 5) is 16.5. The molecular weight excluding hydrogens is 522 g/mol. The number of hydrogen-bond donors (Lipinski definition) is 1. The molecule has 0 saturated heterocycles. The molecule has 0 saturated carbocycles. The first-order chi connectivity index (χ1) is 11.3. The van der Waals surface area contributed by atoms with E-state index in [2.05, 4.69) is 20.0 Å². The summed E-state index contributed by atoms with van der Waals surface area (Å²) < 4.78 is 0. The topological polar surface area (TPSA) is 52.9 Å². The molecule has 0 amide bonds. The molecule has 0 aliphatic carbocycles. The molecule has 3 aliphatic rings. The summed E-state index contributed by atoms with van der Waals surface area (Å²) in [5.74, 6) is 0. The average molecular weight is 536 g/mol. The van der Waals surface area contributed by atoms with Crippen LogP contribution in [0.15, 0.2) is 99.0 Å². The number of aromatic nitrogens is 1. The fourth-order valence-corrected chi connectivity index (χ4v) is 2.41. The standard InChI is InChI=1S/C19H14N4.U/c1-3-14(20-9-1)11-16-5-7-18(22-16)13-19-8-6-17(23-19)12-15-4-2-10-21-15;/h1-13,20H;. The molecular formula is C19H14N4U. The SMILES string of the molecule is C1=CC(=CC2=NC(=CC3=NC(=Cc4ccc[nH]4)C=C3)C=C2)N=C1.[U]. The molecule has 0 bridgehead atoms. The number of aliphatic imine (C=N–C) groups is 3. The predicted octanol–water partition coefficient (Wildman–Crippen LogP) is 3.79. The Morgan fingerprint density at radius 3 is 2.12 bits per heavy atom. The second-order valence-electron chi connectivity index (χ2n) is 5.21. The van der Waals surface area contributed by atoms with Crippen molar-refractivity contribution in [1.29, 1.82) is 0 Å². The van der Waals surface area contributed by atoms with E-state index in [1.54, 1.807) is 6.21 Å². The van der Waals surface area contributed by atoms with Gasteiger partial charge in [-0.15, -0.1) is 0 Å². The van der Waals surface area contributed by atoms with Crippen LogP contribution < -0.4 is 0 Å². The van der Waals surface area contributed by atoms with E-state index in [1.807, 2.05) is 73.0 Å². The van der Waals surface area contributed by atoms with Crippen LogP contribution in [0.4, 0.5) is 0 Å². The van der Waals surface area contributed by atoms with Crippen molar-refractivity contribution in [2.24, 2.45) is 15.0 Å². The summed E-state index contributed by atoms with van der Waals surface area (Å²) in [6.07, 6.45) is 21.4. The Kier molecular flexibility index (Phi) is 5.24. The molecule has 5 heteroatoms. The monoisotopic (exact) mass is 536 g/mol. The molecule has 1 aromatic heterocycles. The van der Waals surface area contributed by atoms with E-state index in [9.17, 15) is 0 Å². The minimum Gasteiger partial charge on any atom is -0.362 e. The molecule has 4 nitrogen and oxygen atoms in total. The molecule has 0 unspecified atom stereocenters. The van der Waals surface area contributed by atoms with Gasteiger partial charge in [0, 0.05) is 49.2 Å². The van der Waals surface area contributed by atoms with Crippen molar-refractivity contribution in [2.75, 3.05) is 0 Å². The van der Waals surface area contributed by atoms with Crippen molar-refractivity contribution < 1.29 is 31.1 Å². The Morgan fingerprint density at radius 1 is 0.792 bits per heavy atom. The van der Waals surface area contributed by atoms with Crippen LogP contribution >= 0.6 is 0 Å². The minimum atomic E-state index is 0. The van der Waals surface area contributed by atoms with Gasteiger partial charge in [0.2, 0.25) is 0 Å². The average Bonchev–Trinajstić information content (AvgIpc) is 3.31. The maximum atomic E-state index is 4.57. The molecule has 0 aromatic carbocycles. The first-order valence-corrected chi connectivity index (χ1v) is 7.38. The van der Waals surface area contributed by atoms with Crippen molar-refractivity contribution >= 4 is 23.7 Å². The Labute approximate surface area is 164 Å². The summed E-state index contributed by atoms with van der Waals surface area (Å²) in [5.41, 5.74) is 5.59. The van der Waals surface area contributed by atoms with Gasteiger partial charge >= 0.3 is 0 Å². The summed E-state index contributed by atoms with van der Waals surface area (Å²) in [7, 11) is 0. The van der Waals surface area contributed by atoms with Gasteiger partial charge in [0.05, 0.1) is 28.5 Å². The molecule has 0 fully saturated rings. The van der Waals surface area contributed by atoms with Crippen LogP contribution in [-0.2, 0) is 0 Å². The predicted molar refractivity (Wildman–Crippen MR) is 95.7 cm³/mol. The van der Waals surface area contributed by atoms with Gasteiger partial charge in [0.15, 0.2) is 0 Å². The minimum absolute atomic E-state index is 0. The number of H-pyrrole nitrogens is 1. The van der Waals surface area contributed by atoms with Crippen molar-refractivity contribution in [3.63, 3.8) is 0 Å². The van der Waals surface area contributed by atoms with Gasteiger partial charge in [-0.05, 0) is 66.8 Å². The van der Waals surface area contributed by atoms with Gasteiger partial charge in [0.25, 0.3) is 0 Å². The largest absolute Gasteiger partial charge is 0.362 e. The zero-order chi connectivity index (χ0) is 15.5. The van der Waals surface area contributed by atoms with Gasteiger partial charge in [-0.1, -0.05) is 0 Å². The van der Waals surface area contributed by atoms with Crippen molar-refractivity contribution in [3.05, 3.63) is 89.7 Å². The third-order valence-electron chi connectivity index (χ3n) is 3.46. The number of nitrogens with zero attached hydrogens (tertiary/aromatic N) is 3. The third kappa shape index (κ3) is 4.00. The van der Waals surface area contributed by atoms with E-state index in [0.717, 1.165) is 34.2 Å². The molecule has 0 spiro atoms. The fraction of sp³-hybridized carbons (Fsp3) is 0. The van der Waals surface area contributed by atoms with Gasteiger partial charge in [-0.2, -0.15) is 0 Å². The second kappa shape index (κ2) is 7.57. The van der Waals surface area contributed by atoms with Crippen molar-refractivity contribution in [3.8, 4) is 0 Å². The Balaban J connectivity index is 0.00000169.